The highest BCUT2D eigenvalue weighted by molar-refractivity contribution is 5.79. The molecule has 8 nitrogen and oxygen atoms in total. The van der Waals surface area contributed by atoms with Gasteiger partial charge in [0, 0.05) is 24.5 Å². The van der Waals surface area contributed by atoms with Crippen LogP contribution < -0.4 is 5.32 Å². The van der Waals surface area contributed by atoms with Gasteiger partial charge in [0.2, 0.25) is 6.10 Å². The number of benzene rings is 1. The van der Waals surface area contributed by atoms with Gasteiger partial charge in [-0.25, -0.2) is 14.4 Å². The van der Waals surface area contributed by atoms with Gasteiger partial charge in [-0.3, -0.25) is 0 Å². The van der Waals surface area contributed by atoms with E-state index in [9.17, 15) is 14.4 Å². The Morgan fingerprint density at radius 1 is 1.09 bits per heavy atom. The van der Waals surface area contributed by atoms with Gasteiger partial charge in [0.1, 0.15) is 5.60 Å². The smallest absolute Gasteiger partial charge is 0.411 e. The van der Waals surface area contributed by atoms with Crippen LogP contribution in [-0.4, -0.2) is 59.5 Å². The minimum atomic E-state index is -1.03. The van der Waals surface area contributed by atoms with Gasteiger partial charge in [-0.1, -0.05) is 30.3 Å². The summed E-state index contributed by atoms with van der Waals surface area (Å²) in [5.74, 6) is -0.563. The third-order valence-corrected chi connectivity index (χ3v) is 5.19. The van der Waals surface area contributed by atoms with E-state index in [0.717, 1.165) is 5.56 Å². The van der Waals surface area contributed by atoms with Crippen molar-refractivity contribution in [2.45, 2.75) is 90.6 Å². The highest BCUT2D eigenvalue weighted by atomic mass is 16.6. The molecular weight excluding hydrogens is 412 g/mol. The van der Waals surface area contributed by atoms with Gasteiger partial charge in [-0.05, 0) is 59.9 Å². The summed E-state index contributed by atoms with van der Waals surface area (Å²) in [6, 6.07) is 8.87. The highest BCUT2D eigenvalue weighted by Gasteiger charge is 2.38. The predicted molar refractivity (Wildman–Crippen MR) is 120 cm³/mol. The van der Waals surface area contributed by atoms with Crippen molar-refractivity contribution in [1.82, 2.24) is 10.2 Å². The first-order chi connectivity index (χ1) is 15.0. The Morgan fingerprint density at radius 3 is 2.22 bits per heavy atom. The van der Waals surface area contributed by atoms with Gasteiger partial charge in [-0.2, -0.15) is 0 Å². The van der Waals surface area contributed by atoms with Crippen LogP contribution in [0.15, 0.2) is 30.3 Å². The number of carbonyl (C=O) groups is 3. The lowest BCUT2D eigenvalue weighted by molar-refractivity contribution is -0.154. The number of piperidine rings is 1. The zero-order valence-corrected chi connectivity index (χ0v) is 19.9. The Morgan fingerprint density at radius 2 is 1.69 bits per heavy atom. The topological polar surface area (TPSA) is 94.2 Å². The molecule has 1 aliphatic heterocycles. The maximum Gasteiger partial charge on any atom is 0.411 e. The van der Waals surface area contributed by atoms with E-state index in [1.807, 2.05) is 65.0 Å². The molecule has 3 atom stereocenters. The number of esters is 1. The number of alkyl carbamates (subject to hydrolysis) is 1. The van der Waals surface area contributed by atoms with E-state index in [0.29, 0.717) is 12.8 Å². The molecule has 32 heavy (non-hydrogen) atoms. The fourth-order valence-electron chi connectivity index (χ4n) is 3.95. The maximum absolute atomic E-state index is 13.0. The fraction of sp³-hybridized carbons (Fsp3) is 0.625. The number of likely N-dealkylation sites (tertiary alicyclic amines) is 1. The van der Waals surface area contributed by atoms with Crippen molar-refractivity contribution in [3.63, 3.8) is 0 Å². The van der Waals surface area contributed by atoms with Crippen LogP contribution >= 0.6 is 0 Å². The van der Waals surface area contributed by atoms with E-state index in [-0.39, 0.29) is 31.2 Å². The molecule has 1 fully saturated rings. The van der Waals surface area contributed by atoms with Crippen molar-refractivity contribution in [3.8, 4) is 0 Å². The van der Waals surface area contributed by atoms with Crippen LogP contribution in [0.5, 0.6) is 0 Å². The Labute approximate surface area is 190 Å². The second-order valence-electron chi connectivity index (χ2n) is 9.23. The van der Waals surface area contributed by atoms with Crippen molar-refractivity contribution in [2.75, 3.05) is 6.61 Å². The van der Waals surface area contributed by atoms with Crippen molar-refractivity contribution < 1.29 is 28.6 Å². The molecule has 1 saturated heterocycles. The van der Waals surface area contributed by atoms with Gasteiger partial charge in [-0.15, -0.1) is 0 Å². The quantitative estimate of drug-likeness (QED) is 0.521. The van der Waals surface area contributed by atoms with Gasteiger partial charge in [0.15, 0.2) is 0 Å². The summed E-state index contributed by atoms with van der Waals surface area (Å²) in [5, 5.41) is 2.89. The largest absolute Gasteiger partial charge is 0.463 e. The average Bonchev–Trinajstić information content (AvgIpc) is 2.66. The van der Waals surface area contributed by atoms with Crippen molar-refractivity contribution >= 4 is 18.2 Å². The van der Waals surface area contributed by atoms with Crippen molar-refractivity contribution in [3.05, 3.63) is 35.9 Å². The number of hydrogen-bond donors (Lipinski definition) is 1. The minimum Gasteiger partial charge on any atom is -0.463 e. The molecule has 8 heteroatoms. The number of hydrogen-bond acceptors (Lipinski definition) is 6. The first-order valence-electron chi connectivity index (χ1n) is 11.2. The van der Waals surface area contributed by atoms with E-state index in [4.69, 9.17) is 14.2 Å². The Balaban J connectivity index is 2.02. The van der Waals surface area contributed by atoms with Crippen LogP contribution in [0.25, 0.3) is 0 Å². The molecular formula is C24H36N2O6. The van der Waals surface area contributed by atoms with Crippen LogP contribution in [0.2, 0.25) is 0 Å². The molecule has 1 aromatic carbocycles. The number of carbonyl (C=O) groups excluding carboxylic acids is 3. The van der Waals surface area contributed by atoms with E-state index in [1.165, 1.54) is 0 Å². The monoisotopic (exact) mass is 448 g/mol. The summed E-state index contributed by atoms with van der Waals surface area (Å²) in [7, 11) is 0. The van der Waals surface area contributed by atoms with E-state index in [1.54, 1.807) is 11.8 Å². The Bertz CT molecular complexity index is 764. The van der Waals surface area contributed by atoms with E-state index >= 15 is 0 Å². The molecule has 0 spiro atoms. The summed E-state index contributed by atoms with van der Waals surface area (Å²) in [6.07, 6.45) is -0.701. The molecule has 2 amide bonds. The molecule has 2 unspecified atom stereocenters. The van der Waals surface area contributed by atoms with E-state index in [2.05, 4.69) is 5.32 Å². The van der Waals surface area contributed by atoms with E-state index < -0.39 is 29.9 Å². The molecule has 1 aliphatic rings. The molecule has 1 aromatic rings. The summed E-state index contributed by atoms with van der Waals surface area (Å²) in [6.45, 7) is 11.2. The molecule has 1 N–H and O–H groups in total. The number of rotatable bonds is 6. The summed E-state index contributed by atoms with van der Waals surface area (Å²) in [4.78, 5) is 39.2. The fourth-order valence-corrected chi connectivity index (χ4v) is 3.95. The average molecular weight is 449 g/mol. The molecule has 2 rings (SSSR count). The van der Waals surface area contributed by atoms with Crippen molar-refractivity contribution in [1.29, 1.82) is 0 Å². The van der Waals surface area contributed by atoms with Gasteiger partial charge >= 0.3 is 18.2 Å². The van der Waals surface area contributed by atoms with Crippen molar-refractivity contribution in [2.24, 2.45) is 0 Å². The third kappa shape index (κ3) is 7.73. The lowest BCUT2D eigenvalue weighted by Crippen LogP contribution is -2.56. The van der Waals surface area contributed by atoms with Gasteiger partial charge < -0.3 is 24.4 Å². The zero-order valence-electron chi connectivity index (χ0n) is 19.9. The molecule has 0 aromatic heterocycles. The summed E-state index contributed by atoms with van der Waals surface area (Å²) < 4.78 is 16.1. The molecule has 0 saturated carbocycles. The van der Waals surface area contributed by atoms with Crippen LogP contribution in [0.3, 0.4) is 0 Å². The lowest BCUT2D eigenvalue weighted by Gasteiger charge is -2.42. The second-order valence-corrected chi connectivity index (χ2v) is 9.23. The number of nitrogens with zero attached hydrogens (tertiary/aromatic N) is 1. The Hall–Kier alpha value is -2.77. The minimum absolute atomic E-state index is 0.121. The summed E-state index contributed by atoms with van der Waals surface area (Å²) >= 11 is 0. The molecule has 0 aliphatic carbocycles. The Kier molecular flexibility index (Phi) is 8.92. The third-order valence-electron chi connectivity index (χ3n) is 5.19. The predicted octanol–water partition coefficient (Wildman–Crippen LogP) is 4.06. The maximum atomic E-state index is 13.0. The van der Waals surface area contributed by atoms with Crippen LogP contribution in [0, 0.1) is 0 Å². The molecule has 0 bridgehead atoms. The highest BCUT2D eigenvalue weighted by Crippen LogP contribution is 2.25. The molecule has 178 valence electrons. The number of amides is 2. The number of nitrogens with one attached hydrogen (secondary N) is 1. The molecule has 1 heterocycles. The first-order valence-corrected chi connectivity index (χ1v) is 11.2. The van der Waals surface area contributed by atoms with Gasteiger partial charge in [0.25, 0.3) is 0 Å². The first kappa shape index (κ1) is 25.5. The van der Waals surface area contributed by atoms with Crippen LogP contribution in [0.4, 0.5) is 9.59 Å². The number of ether oxygens (including phenoxy) is 3. The second kappa shape index (κ2) is 11.2. The van der Waals surface area contributed by atoms with Crippen LogP contribution in [-0.2, 0) is 25.4 Å². The van der Waals surface area contributed by atoms with Crippen LogP contribution in [0.1, 0.15) is 59.9 Å². The lowest BCUT2D eigenvalue weighted by atomic mass is 9.93. The standard InChI is InChI=1S/C24H36N2O6/c1-7-30-21(27)20(15-18-11-9-8-10-12-18)31-23(29)26-16(2)13-19(14-17(26)3)25-22(28)32-24(4,5)6/h8-12,16-17,19-20H,7,13-15H2,1-6H3,(H,25,28)/t16?,17?,19?,20-/m0/s1. The zero-order chi connectivity index (χ0) is 23.9. The SMILES string of the molecule is CCOC(=O)[C@H](Cc1ccccc1)OC(=O)N1C(C)CC(NC(=O)OC(C)(C)C)CC1C. The molecule has 0 radical (unpaired) electrons. The summed E-state index contributed by atoms with van der Waals surface area (Å²) in [5.41, 5.74) is 0.298. The van der Waals surface area contributed by atoms with Gasteiger partial charge in [0.05, 0.1) is 6.61 Å². The normalized spacial score (nSPS) is 21.9.